The van der Waals surface area contributed by atoms with Crippen molar-refractivity contribution in [3.63, 3.8) is 0 Å². The lowest BCUT2D eigenvalue weighted by molar-refractivity contribution is -0.138. The number of ether oxygens (including phenoxy) is 1. The van der Waals surface area contributed by atoms with Crippen molar-refractivity contribution in [1.29, 1.82) is 0 Å². The van der Waals surface area contributed by atoms with E-state index in [-0.39, 0.29) is 11.5 Å². The molecule has 1 fully saturated rings. The molecule has 0 aromatic rings. The summed E-state index contributed by atoms with van der Waals surface area (Å²) in [6.45, 7) is 10.3. The van der Waals surface area contributed by atoms with Crippen LogP contribution in [0, 0.1) is 0 Å². The summed E-state index contributed by atoms with van der Waals surface area (Å²) in [6.07, 6.45) is 2.74. The number of carbonyl (C=O) groups is 1. The molecule has 0 saturated carbocycles. The number of piperazine rings is 1. The molecule has 1 heterocycles. The van der Waals surface area contributed by atoms with E-state index in [1.54, 1.807) is 7.11 Å². The molecule has 0 aromatic heterocycles. The fraction of sp³-hybridized carbons (Fsp3) is 0.933. The topological polar surface area (TPSA) is 58.8 Å². The maximum atomic E-state index is 12.2. The van der Waals surface area contributed by atoms with E-state index in [9.17, 15) is 4.79 Å². The Hall–Kier alpha value is -0.650. The van der Waals surface area contributed by atoms with Gasteiger partial charge in [-0.3, -0.25) is 9.69 Å². The predicted octanol–water partition coefficient (Wildman–Crippen LogP) is 1.07. The third kappa shape index (κ3) is 5.04. The Labute approximate surface area is 123 Å². The Morgan fingerprint density at radius 3 is 2.35 bits per heavy atom. The van der Waals surface area contributed by atoms with Gasteiger partial charge in [0.25, 0.3) is 0 Å². The molecule has 118 valence electrons. The van der Waals surface area contributed by atoms with Gasteiger partial charge in [0.2, 0.25) is 5.91 Å². The smallest absolute Gasteiger partial charge is 0.225 e. The first-order valence-electron chi connectivity index (χ1n) is 7.70. The molecule has 5 nitrogen and oxygen atoms in total. The van der Waals surface area contributed by atoms with E-state index in [4.69, 9.17) is 10.5 Å². The van der Waals surface area contributed by atoms with Crippen molar-refractivity contribution in [2.24, 2.45) is 5.73 Å². The minimum absolute atomic E-state index is 0.191. The first kappa shape index (κ1) is 17.4. The summed E-state index contributed by atoms with van der Waals surface area (Å²) in [5, 5.41) is 0. The maximum absolute atomic E-state index is 12.2. The van der Waals surface area contributed by atoms with E-state index in [0.29, 0.717) is 19.0 Å². The molecule has 0 spiro atoms. The molecule has 1 unspecified atom stereocenters. The highest BCUT2D eigenvalue weighted by molar-refractivity contribution is 5.77. The molecule has 0 aromatic carbocycles. The van der Waals surface area contributed by atoms with Crippen LogP contribution < -0.4 is 5.73 Å². The summed E-state index contributed by atoms with van der Waals surface area (Å²) in [5.74, 6) is 0.191. The van der Waals surface area contributed by atoms with Crippen molar-refractivity contribution >= 4 is 5.91 Å². The van der Waals surface area contributed by atoms with E-state index < -0.39 is 0 Å². The van der Waals surface area contributed by atoms with Gasteiger partial charge in [0.15, 0.2) is 0 Å². The first-order valence-corrected chi connectivity index (χ1v) is 7.70. The zero-order valence-electron chi connectivity index (χ0n) is 13.5. The monoisotopic (exact) mass is 285 g/mol. The van der Waals surface area contributed by atoms with Gasteiger partial charge in [-0.15, -0.1) is 0 Å². The molecule has 1 saturated heterocycles. The number of amides is 1. The minimum Gasteiger partial charge on any atom is -0.378 e. The Balaban J connectivity index is 2.43. The molecular weight excluding hydrogens is 254 g/mol. The molecule has 0 bridgehead atoms. The minimum atomic E-state index is -0.379. The Morgan fingerprint density at radius 1 is 1.30 bits per heavy atom. The van der Waals surface area contributed by atoms with Crippen LogP contribution in [0.1, 0.15) is 40.0 Å². The Kier molecular flexibility index (Phi) is 6.92. The summed E-state index contributed by atoms with van der Waals surface area (Å²) in [5.41, 5.74) is 5.47. The van der Waals surface area contributed by atoms with Crippen molar-refractivity contribution in [3.05, 3.63) is 0 Å². The molecule has 5 heteroatoms. The van der Waals surface area contributed by atoms with E-state index in [1.165, 1.54) is 0 Å². The zero-order valence-corrected chi connectivity index (χ0v) is 13.5. The molecule has 2 N–H and O–H groups in total. The van der Waals surface area contributed by atoms with Crippen LogP contribution in [0.5, 0.6) is 0 Å². The molecule has 1 aliphatic rings. The summed E-state index contributed by atoms with van der Waals surface area (Å²) in [6, 6.07) is 0.465. The van der Waals surface area contributed by atoms with Gasteiger partial charge >= 0.3 is 0 Å². The fourth-order valence-electron chi connectivity index (χ4n) is 2.67. The largest absolute Gasteiger partial charge is 0.378 e. The van der Waals surface area contributed by atoms with Crippen molar-refractivity contribution in [3.8, 4) is 0 Å². The molecule has 1 atom stereocenters. The first-order chi connectivity index (χ1) is 9.43. The Bertz CT molecular complexity index is 299. The molecule has 1 amide bonds. The van der Waals surface area contributed by atoms with Crippen LogP contribution in [0.4, 0.5) is 0 Å². The van der Waals surface area contributed by atoms with Crippen molar-refractivity contribution in [2.75, 3.05) is 39.8 Å². The van der Waals surface area contributed by atoms with Gasteiger partial charge in [-0.2, -0.15) is 0 Å². The lowest BCUT2D eigenvalue weighted by atomic mass is 10.0. The second-order valence-corrected chi connectivity index (χ2v) is 6.24. The second kappa shape index (κ2) is 7.96. The van der Waals surface area contributed by atoms with Crippen LogP contribution in [-0.2, 0) is 9.53 Å². The van der Waals surface area contributed by atoms with E-state index in [0.717, 1.165) is 39.0 Å². The van der Waals surface area contributed by atoms with Crippen LogP contribution >= 0.6 is 0 Å². The molecule has 0 radical (unpaired) electrons. The van der Waals surface area contributed by atoms with E-state index >= 15 is 0 Å². The molecule has 1 aliphatic heterocycles. The van der Waals surface area contributed by atoms with Gasteiger partial charge < -0.3 is 15.4 Å². The van der Waals surface area contributed by atoms with Gasteiger partial charge in [0, 0.05) is 45.9 Å². The van der Waals surface area contributed by atoms with Crippen LogP contribution in [0.15, 0.2) is 0 Å². The molecule has 0 aliphatic carbocycles. The van der Waals surface area contributed by atoms with Crippen molar-refractivity contribution in [2.45, 2.75) is 51.7 Å². The highest BCUT2D eigenvalue weighted by Crippen LogP contribution is 2.17. The van der Waals surface area contributed by atoms with Gasteiger partial charge in [-0.05, 0) is 20.3 Å². The van der Waals surface area contributed by atoms with Gasteiger partial charge in [-0.1, -0.05) is 13.3 Å². The second-order valence-electron chi connectivity index (χ2n) is 6.24. The van der Waals surface area contributed by atoms with Gasteiger partial charge in [0.1, 0.15) is 0 Å². The summed E-state index contributed by atoms with van der Waals surface area (Å²) in [7, 11) is 1.65. The molecule has 1 rings (SSSR count). The number of nitrogens with two attached hydrogens (primary N) is 1. The number of hydrogen-bond acceptors (Lipinski definition) is 4. The average Bonchev–Trinajstić information content (AvgIpc) is 2.44. The quantitative estimate of drug-likeness (QED) is 0.760. The highest BCUT2D eigenvalue weighted by Gasteiger charge is 2.28. The number of hydrogen-bond donors (Lipinski definition) is 1. The summed E-state index contributed by atoms with van der Waals surface area (Å²) in [4.78, 5) is 16.6. The summed E-state index contributed by atoms with van der Waals surface area (Å²) < 4.78 is 5.33. The van der Waals surface area contributed by atoms with Gasteiger partial charge in [-0.25, -0.2) is 0 Å². The van der Waals surface area contributed by atoms with Crippen LogP contribution in [0.25, 0.3) is 0 Å². The number of rotatable bonds is 7. The van der Waals surface area contributed by atoms with E-state index in [2.05, 4.69) is 11.8 Å². The van der Waals surface area contributed by atoms with E-state index in [1.807, 2.05) is 18.7 Å². The Morgan fingerprint density at radius 2 is 1.90 bits per heavy atom. The third-order valence-corrected chi connectivity index (χ3v) is 4.21. The average molecular weight is 285 g/mol. The van der Waals surface area contributed by atoms with Crippen LogP contribution in [0.3, 0.4) is 0 Å². The number of carbonyl (C=O) groups excluding carboxylic acids is 1. The molecular formula is C15H31N3O2. The standard InChI is InChI=1S/C15H31N3O2/c1-5-6-13(12-16)17-7-9-18(10-8-17)14(19)11-15(2,3)20-4/h13H,5-12,16H2,1-4H3. The number of methoxy groups -OCH3 is 1. The fourth-order valence-corrected chi connectivity index (χ4v) is 2.67. The maximum Gasteiger partial charge on any atom is 0.225 e. The molecule has 20 heavy (non-hydrogen) atoms. The van der Waals surface area contributed by atoms with Crippen LogP contribution in [-0.4, -0.2) is 67.2 Å². The number of nitrogens with zero attached hydrogens (tertiary/aromatic N) is 2. The third-order valence-electron chi connectivity index (χ3n) is 4.21. The SMILES string of the molecule is CCCC(CN)N1CCN(C(=O)CC(C)(C)OC)CC1. The lowest BCUT2D eigenvalue weighted by Crippen LogP contribution is -2.54. The van der Waals surface area contributed by atoms with Crippen LogP contribution in [0.2, 0.25) is 0 Å². The lowest BCUT2D eigenvalue weighted by Gasteiger charge is -2.39. The van der Waals surface area contributed by atoms with Crippen molar-refractivity contribution in [1.82, 2.24) is 9.80 Å². The predicted molar refractivity (Wildman–Crippen MR) is 81.6 cm³/mol. The zero-order chi connectivity index (χ0) is 15.2. The van der Waals surface area contributed by atoms with Gasteiger partial charge in [0.05, 0.1) is 12.0 Å². The highest BCUT2D eigenvalue weighted by atomic mass is 16.5. The summed E-state index contributed by atoms with van der Waals surface area (Å²) >= 11 is 0. The normalized spacial score (nSPS) is 19.1. The van der Waals surface area contributed by atoms with Crippen molar-refractivity contribution < 1.29 is 9.53 Å².